The molecule has 0 unspecified atom stereocenters. The van der Waals surface area contributed by atoms with E-state index in [1.807, 2.05) is 27.7 Å². The predicted molar refractivity (Wildman–Crippen MR) is 90.8 cm³/mol. The standard InChI is InChI=1S/2C2H6.CHO3.4CH4.Mn.2H3N.6H2O/c2*1-2;2-1-4-3;;;;;;;;;;;;;/h2*1-2H3;3H;4*1H4;;2*1H3;6*1H2/q;;-1;;;;;;;;;;;;;. The van der Waals surface area contributed by atoms with E-state index in [9.17, 15) is 0 Å². The van der Waals surface area contributed by atoms with Crippen LogP contribution in [0.25, 0.3) is 0 Å². The molecular formula is C9H47MnN2O9-. The van der Waals surface area contributed by atoms with Crippen molar-refractivity contribution in [1.82, 2.24) is 12.3 Å². The van der Waals surface area contributed by atoms with Crippen molar-refractivity contribution in [3.8, 4) is 0 Å². The van der Waals surface area contributed by atoms with Gasteiger partial charge >= 0.3 is 0 Å². The number of hydrogen-bond acceptors (Lipinski definition) is 5. The quantitative estimate of drug-likeness (QED) is 0.233. The molecule has 0 aliphatic carbocycles. The zero-order valence-electron chi connectivity index (χ0n) is 10.6. The third-order valence-corrected chi connectivity index (χ3v) is 0.0373. The van der Waals surface area contributed by atoms with E-state index >= 15 is 0 Å². The average Bonchev–Trinajstić information content (AvgIpc) is 1.96. The summed E-state index contributed by atoms with van der Waals surface area (Å²) in [5, 5.41) is 6.95. The van der Waals surface area contributed by atoms with Gasteiger partial charge in [-0.15, -0.1) is 0 Å². The smallest absolute Gasteiger partial charge is 0 e. The van der Waals surface area contributed by atoms with Crippen molar-refractivity contribution in [3.63, 3.8) is 0 Å². The maximum absolute atomic E-state index is 8.58. The fraction of sp³-hybridized carbons (Fsp3) is 0.889. The van der Waals surface area contributed by atoms with Gasteiger partial charge in [-0.2, -0.15) is 0 Å². The van der Waals surface area contributed by atoms with Gasteiger partial charge < -0.3 is 54.8 Å². The summed E-state index contributed by atoms with van der Waals surface area (Å²) in [6.45, 7) is 8.74. The van der Waals surface area contributed by atoms with E-state index in [2.05, 4.69) is 4.89 Å². The summed E-state index contributed by atoms with van der Waals surface area (Å²) >= 11 is 0. The minimum Gasteiger partial charge on any atom is -0.509 e. The van der Waals surface area contributed by atoms with Crippen LogP contribution in [0.2, 0.25) is 0 Å². The van der Waals surface area contributed by atoms with Crippen molar-refractivity contribution < 1.29 is 64.9 Å². The predicted octanol–water partition coefficient (Wildman–Crippen LogP) is -0.487. The van der Waals surface area contributed by atoms with Gasteiger partial charge in [-0.3, -0.25) is 0 Å². The largest absolute Gasteiger partial charge is 0.509 e. The van der Waals surface area contributed by atoms with E-state index in [4.69, 9.17) is 10.1 Å². The zero-order valence-corrected chi connectivity index (χ0v) is 11.7. The Bertz CT molecular complexity index is 47.2. The second-order valence-corrected chi connectivity index (χ2v) is 0.175. The first-order chi connectivity index (χ1) is 3.91. The Morgan fingerprint density at radius 2 is 0.714 bits per heavy atom. The molecule has 155 valence electrons. The Morgan fingerprint density at radius 1 is 0.667 bits per heavy atom. The van der Waals surface area contributed by atoms with Gasteiger partial charge in [-0.25, -0.2) is 5.26 Å². The molecule has 1 radical (unpaired) electrons. The van der Waals surface area contributed by atoms with Gasteiger partial charge in [0.2, 0.25) is 0 Å². The van der Waals surface area contributed by atoms with Crippen LogP contribution in [0, 0.1) is 0 Å². The van der Waals surface area contributed by atoms with Crippen molar-refractivity contribution >= 4 is 6.47 Å². The van der Waals surface area contributed by atoms with Crippen molar-refractivity contribution in [1.29, 1.82) is 0 Å². The van der Waals surface area contributed by atoms with E-state index in [0.717, 1.165) is 6.47 Å². The van der Waals surface area contributed by atoms with Gasteiger partial charge in [0.25, 0.3) is 0 Å². The molecule has 0 bridgehead atoms. The van der Waals surface area contributed by atoms with Crippen LogP contribution in [0.4, 0.5) is 0 Å². The van der Waals surface area contributed by atoms with Crippen molar-refractivity contribution in [2.24, 2.45) is 0 Å². The molecule has 0 aromatic rings. The average molecular weight is 382 g/mol. The van der Waals surface area contributed by atoms with Crippen LogP contribution >= 0.6 is 0 Å². The summed E-state index contributed by atoms with van der Waals surface area (Å²) in [5.41, 5.74) is 0. The van der Waals surface area contributed by atoms with Crippen LogP contribution in [-0.2, 0) is 26.8 Å². The Balaban J connectivity index is -0.00000000101. The Hall–Kier alpha value is -0.371. The number of hydrogen-bond donors (Lipinski definition) is 3. The van der Waals surface area contributed by atoms with E-state index in [-0.39, 0.29) is 91.9 Å². The second-order valence-electron chi connectivity index (χ2n) is 0.175. The van der Waals surface area contributed by atoms with Gasteiger partial charge in [0.05, 0.1) is 0 Å². The summed E-state index contributed by atoms with van der Waals surface area (Å²) in [5.74, 6) is 0. The molecule has 0 atom stereocenters. The topological polar surface area (TPSA) is 306 Å². The Morgan fingerprint density at radius 3 is 0.714 bits per heavy atom. The van der Waals surface area contributed by atoms with Gasteiger partial charge in [-0.05, 0) is 6.47 Å². The van der Waals surface area contributed by atoms with Crippen molar-refractivity contribution in [3.05, 3.63) is 0 Å². The zero-order chi connectivity index (χ0) is 7.41. The Kier molecular flexibility index (Phi) is 45300. The van der Waals surface area contributed by atoms with E-state index < -0.39 is 0 Å². The first kappa shape index (κ1) is 371. The SMILES string of the molecule is C.C.C.C.CC.CC.N.N.O.O.O.O.O.O.O=[C-]OO.[Mn]. The minimum absolute atomic E-state index is 0. The summed E-state index contributed by atoms with van der Waals surface area (Å²) < 4.78 is 0. The van der Waals surface area contributed by atoms with Crippen LogP contribution in [0.1, 0.15) is 57.4 Å². The summed E-state index contributed by atoms with van der Waals surface area (Å²) in [7, 11) is 0. The second kappa shape index (κ2) is 2570. The Labute approximate surface area is 141 Å². The van der Waals surface area contributed by atoms with E-state index in [1.54, 1.807) is 0 Å². The third-order valence-electron chi connectivity index (χ3n) is 0.0373. The molecular weight excluding hydrogens is 335 g/mol. The third kappa shape index (κ3) is 15400. The molecule has 0 spiro atoms. The first-order valence-electron chi connectivity index (χ1n) is 2.59. The molecule has 19 N–H and O–H groups in total. The maximum Gasteiger partial charge on any atom is 0 e. The van der Waals surface area contributed by atoms with Crippen LogP contribution in [0.5, 0.6) is 0 Å². The van der Waals surface area contributed by atoms with Gasteiger partial charge in [-0.1, -0.05) is 57.4 Å². The normalized spacial score (nSPS) is 1.57. The van der Waals surface area contributed by atoms with Crippen LogP contribution in [0.15, 0.2) is 0 Å². The molecule has 0 rings (SSSR count). The number of rotatable bonds is 1. The molecule has 11 nitrogen and oxygen atoms in total. The summed E-state index contributed by atoms with van der Waals surface area (Å²) in [4.78, 5) is 11.3. The van der Waals surface area contributed by atoms with Crippen LogP contribution in [-0.4, -0.2) is 44.6 Å². The van der Waals surface area contributed by atoms with Gasteiger partial charge in [0.1, 0.15) is 0 Å². The molecule has 0 saturated heterocycles. The van der Waals surface area contributed by atoms with Crippen LogP contribution < -0.4 is 12.3 Å². The molecule has 0 aromatic carbocycles. The molecule has 0 amide bonds. The molecule has 0 aliphatic heterocycles. The molecule has 0 saturated carbocycles. The molecule has 12 heteroatoms. The monoisotopic (exact) mass is 382 g/mol. The maximum atomic E-state index is 8.58. The van der Waals surface area contributed by atoms with Crippen molar-refractivity contribution in [2.75, 3.05) is 0 Å². The van der Waals surface area contributed by atoms with Gasteiger partial charge in [0, 0.05) is 17.1 Å². The summed E-state index contributed by atoms with van der Waals surface area (Å²) in [6.07, 6.45) is 0. The molecule has 0 aliphatic rings. The van der Waals surface area contributed by atoms with Crippen molar-refractivity contribution in [2.45, 2.75) is 57.4 Å². The van der Waals surface area contributed by atoms with Crippen LogP contribution in [0.3, 0.4) is 0 Å². The fourth-order valence-electron chi connectivity index (χ4n) is 0. The van der Waals surface area contributed by atoms with E-state index in [1.165, 1.54) is 0 Å². The number of carbonyl (C=O) groups excluding carboxylic acids is 1. The first-order valence-corrected chi connectivity index (χ1v) is 2.59. The molecule has 0 fully saturated rings. The molecule has 21 heavy (non-hydrogen) atoms. The van der Waals surface area contributed by atoms with Gasteiger partial charge in [0.15, 0.2) is 0 Å². The molecule has 0 heterocycles. The molecule has 0 aromatic heterocycles. The fourth-order valence-corrected chi connectivity index (χ4v) is 0. The summed E-state index contributed by atoms with van der Waals surface area (Å²) in [6, 6.07) is 0. The van der Waals surface area contributed by atoms with E-state index in [0.29, 0.717) is 0 Å². The minimum atomic E-state index is 0.